The van der Waals surface area contributed by atoms with Gasteiger partial charge in [-0.25, -0.2) is 14.8 Å². The van der Waals surface area contributed by atoms with E-state index in [-0.39, 0.29) is 84.7 Å². The van der Waals surface area contributed by atoms with Crippen LogP contribution in [0.2, 0.25) is 0 Å². The molecular weight excluding hydrogens is 884 g/mol. The Hall–Kier alpha value is -6.61. The van der Waals surface area contributed by atoms with Crippen molar-refractivity contribution in [2.45, 2.75) is 116 Å². The molecule has 0 radical (unpaired) electrons. The van der Waals surface area contributed by atoms with Crippen LogP contribution in [0.15, 0.2) is 65.6 Å². The van der Waals surface area contributed by atoms with Crippen molar-refractivity contribution in [2.75, 3.05) is 30.5 Å². The second-order valence-electron chi connectivity index (χ2n) is 16.2. The van der Waals surface area contributed by atoms with E-state index >= 15 is 0 Å². The minimum atomic E-state index is -5.34. The summed E-state index contributed by atoms with van der Waals surface area (Å²) in [5, 5.41) is 4.92. The number of H-pyrrole nitrogens is 1. The number of alkyl halides is 3. The number of aromatic nitrogens is 4. The molecular formula is C46H54F3N7O11. The number of ether oxygens (including phenoxy) is 4. The number of fused-ring (bicyclic) bond motifs is 1. The summed E-state index contributed by atoms with van der Waals surface area (Å²) >= 11 is 0. The molecule has 1 saturated carbocycles. The standard InChI is InChI=1S/C46H54F3N7O11/c1-29(2)39(59)54-44-53-38-37(41(61)55-44)51-32(26-50-38)27-56(43(63)46(47,48)49)33-18-16-31(17-19-33)40(60)52-35(42(62)64-3)21-20-34(57)14-10-24-66-45(22-8-5-9-23-45)67-25-11-15-36(58)65-28-30-12-6-4-7-13-30/h4,6-7,12-13,16-19,26,29,35H,5,8-11,14-15,20-25,27-28H2,1-3H3,(H,52,60)(H2,50,53,54,55,59,61)/t35-/m0/s1. The molecule has 1 aliphatic rings. The molecule has 18 nitrogen and oxygen atoms in total. The quantitative estimate of drug-likeness (QED) is 0.0438. The smallest absolute Gasteiger partial charge is 0.467 e. The predicted octanol–water partition coefficient (Wildman–Crippen LogP) is 6.02. The maximum Gasteiger partial charge on any atom is 0.471 e. The molecule has 21 heteroatoms. The largest absolute Gasteiger partial charge is 0.471 e. The number of carbonyl (C=O) groups is 6. The Morgan fingerprint density at radius 3 is 2.19 bits per heavy atom. The fourth-order valence-corrected chi connectivity index (χ4v) is 7.03. The maximum absolute atomic E-state index is 13.8. The molecule has 1 fully saturated rings. The lowest BCUT2D eigenvalue weighted by Gasteiger charge is -2.37. The number of halogens is 3. The molecule has 360 valence electrons. The number of hydrogen-bond acceptors (Lipinski definition) is 14. The van der Waals surface area contributed by atoms with Gasteiger partial charge in [-0.05, 0) is 61.9 Å². The summed E-state index contributed by atoms with van der Waals surface area (Å²) in [5.41, 5.74) is -1.12. The van der Waals surface area contributed by atoms with Crippen molar-refractivity contribution < 1.29 is 60.9 Å². The van der Waals surface area contributed by atoms with Gasteiger partial charge in [-0.3, -0.25) is 44.0 Å². The number of nitrogens with one attached hydrogen (secondary N) is 3. The number of nitrogens with zero attached hydrogens (tertiary/aromatic N) is 4. The summed E-state index contributed by atoms with van der Waals surface area (Å²) in [6.45, 7) is 3.18. The molecule has 1 atom stereocenters. The van der Waals surface area contributed by atoms with Gasteiger partial charge < -0.3 is 24.3 Å². The average Bonchev–Trinajstić information content (AvgIpc) is 3.31. The number of rotatable bonds is 23. The fourth-order valence-electron chi connectivity index (χ4n) is 7.03. The number of amides is 3. The molecule has 2 aromatic heterocycles. The molecule has 4 aromatic rings. The Morgan fingerprint density at radius 1 is 0.881 bits per heavy atom. The molecule has 0 aliphatic heterocycles. The van der Waals surface area contributed by atoms with Gasteiger partial charge in [-0.2, -0.15) is 18.2 Å². The number of benzene rings is 2. The highest BCUT2D eigenvalue weighted by atomic mass is 19.4. The van der Waals surface area contributed by atoms with E-state index in [0.29, 0.717) is 37.2 Å². The van der Waals surface area contributed by atoms with Gasteiger partial charge in [-0.1, -0.05) is 50.6 Å². The Bertz CT molecular complexity index is 2410. The SMILES string of the molecule is COC(=O)[C@H](CCC(=O)CCCOC1(OCCCC(=O)OCc2ccccc2)CCCCC1)NC(=O)c1ccc(N(Cc2cnc3nc(NC(=O)C(C)C)[nH]c(=O)c3n2)C(=O)C(F)(F)F)cc1. The topological polar surface area (TPSA) is 238 Å². The molecule has 0 saturated heterocycles. The van der Waals surface area contributed by atoms with E-state index in [2.05, 4.69) is 30.6 Å². The van der Waals surface area contributed by atoms with Gasteiger partial charge in [0.25, 0.3) is 11.5 Å². The Balaban J connectivity index is 1.12. The molecule has 0 unspecified atom stereocenters. The number of esters is 2. The molecule has 2 heterocycles. The van der Waals surface area contributed by atoms with E-state index in [4.69, 9.17) is 18.9 Å². The number of anilines is 2. The molecule has 67 heavy (non-hydrogen) atoms. The van der Waals surface area contributed by atoms with Crippen LogP contribution >= 0.6 is 0 Å². The summed E-state index contributed by atoms with van der Waals surface area (Å²) in [7, 11) is 1.11. The first-order valence-electron chi connectivity index (χ1n) is 21.9. The fraction of sp³-hybridized carbons (Fsp3) is 0.478. The lowest BCUT2D eigenvalue weighted by Crippen LogP contribution is -2.42. The van der Waals surface area contributed by atoms with E-state index in [1.165, 1.54) is 0 Å². The second kappa shape index (κ2) is 24.2. The predicted molar refractivity (Wildman–Crippen MR) is 235 cm³/mol. The molecule has 0 bridgehead atoms. The van der Waals surface area contributed by atoms with Crippen molar-refractivity contribution in [2.24, 2.45) is 5.92 Å². The second-order valence-corrected chi connectivity index (χ2v) is 16.2. The van der Waals surface area contributed by atoms with Crippen molar-refractivity contribution >= 4 is 58.2 Å². The van der Waals surface area contributed by atoms with Crippen LogP contribution in [0.25, 0.3) is 11.2 Å². The molecule has 2 aromatic carbocycles. The minimum Gasteiger partial charge on any atom is -0.467 e. The lowest BCUT2D eigenvalue weighted by atomic mass is 9.94. The highest BCUT2D eigenvalue weighted by molar-refractivity contribution is 5.99. The lowest BCUT2D eigenvalue weighted by molar-refractivity contribution is -0.253. The first-order valence-corrected chi connectivity index (χ1v) is 21.9. The van der Waals surface area contributed by atoms with Crippen LogP contribution < -0.4 is 21.1 Å². The van der Waals surface area contributed by atoms with Gasteiger partial charge in [0.1, 0.15) is 18.4 Å². The number of Topliss-reactive ketones (excluding diaryl/α,β-unsaturated/α-hetero) is 1. The van der Waals surface area contributed by atoms with Crippen LogP contribution in [0.5, 0.6) is 0 Å². The summed E-state index contributed by atoms with van der Waals surface area (Å²) in [6, 6.07) is 12.6. The highest BCUT2D eigenvalue weighted by Crippen LogP contribution is 2.33. The van der Waals surface area contributed by atoms with Crippen molar-refractivity contribution in [3.63, 3.8) is 0 Å². The zero-order valence-corrected chi connectivity index (χ0v) is 37.4. The molecule has 1 aliphatic carbocycles. The summed E-state index contributed by atoms with van der Waals surface area (Å²) in [5.74, 6) is -6.33. The van der Waals surface area contributed by atoms with Crippen LogP contribution in [-0.4, -0.2) is 93.7 Å². The molecule has 5 rings (SSSR count). The van der Waals surface area contributed by atoms with Crippen molar-refractivity contribution in [3.05, 3.63) is 88.0 Å². The van der Waals surface area contributed by atoms with Gasteiger partial charge in [0.05, 0.1) is 38.8 Å². The third-order valence-electron chi connectivity index (χ3n) is 10.7. The van der Waals surface area contributed by atoms with E-state index in [1.807, 2.05) is 30.3 Å². The van der Waals surface area contributed by atoms with Gasteiger partial charge in [-0.15, -0.1) is 0 Å². The molecule has 0 spiro atoms. The van der Waals surface area contributed by atoms with Crippen molar-refractivity contribution in [3.8, 4) is 0 Å². The van der Waals surface area contributed by atoms with Crippen molar-refractivity contribution in [1.82, 2.24) is 25.3 Å². The van der Waals surface area contributed by atoms with E-state index in [9.17, 15) is 46.7 Å². The first kappa shape index (κ1) is 51.4. The van der Waals surface area contributed by atoms with Crippen LogP contribution in [0, 0.1) is 5.92 Å². The Labute approximate surface area is 383 Å². The van der Waals surface area contributed by atoms with Crippen LogP contribution in [0.1, 0.15) is 106 Å². The third-order valence-corrected chi connectivity index (χ3v) is 10.7. The van der Waals surface area contributed by atoms with E-state index in [0.717, 1.165) is 62.4 Å². The highest BCUT2D eigenvalue weighted by Gasteiger charge is 2.43. The first-order chi connectivity index (χ1) is 32.0. The monoisotopic (exact) mass is 937 g/mol. The molecule has 3 N–H and O–H groups in total. The van der Waals surface area contributed by atoms with Crippen LogP contribution in [0.3, 0.4) is 0 Å². The summed E-state index contributed by atoms with van der Waals surface area (Å²) < 4.78 is 64.1. The van der Waals surface area contributed by atoms with Gasteiger partial charge in [0, 0.05) is 49.3 Å². The average molecular weight is 938 g/mol. The zero-order valence-electron chi connectivity index (χ0n) is 37.4. The number of hydrogen-bond donors (Lipinski definition) is 3. The number of ketones is 1. The van der Waals surface area contributed by atoms with Gasteiger partial charge >= 0.3 is 24.0 Å². The summed E-state index contributed by atoms with van der Waals surface area (Å²) in [6.07, 6.45) is 0.854. The van der Waals surface area contributed by atoms with Crippen LogP contribution in [-0.2, 0) is 56.1 Å². The van der Waals surface area contributed by atoms with Crippen LogP contribution in [0.4, 0.5) is 24.8 Å². The van der Waals surface area contributed by atoms with Crippen molar-refractivity contribution in [1.29, 1.82) is 0 Å². The van der Waals surface area contributed by atoms with E-state index < -0.39 is 59.7 Å². The Kier molecular flexibility index (Phi) is 18.6. The Morgan fingerprint density at radius 2 is 1.55 bits per heavy atom. The normalized spacial score (nSPS) is 14.0. The number of carbonyl (C=O) groups excluding carboxylic acids is 6. The third kappa shape index (κ3) is 15.5. The molecule has 3 amide bonds. The maximum atomic E-state index is 13.8. The van der Waals surface area contributed by atoms with E-state index in [1.54, 1.807) is 13.8 Å². The zero-order chi connectivity index (χ0) is 48.6. The van der Waals surface area contributed by atoms with Gasteiger partial charge in [0.2, 0.25) is 11.9 Å². The number of aromatic amines is 1. The minimum absolute atomic E-state index is 0.0918. The summed E-state index contributed by atoms with van der Waals surface area (Å²) in [4.78, 5) is 103. The van der Waals surface area contributed by atoms with Gasteiger partial charge in [0.15, 0.2) is 17.0 Å². The number of methoxy groups -OCH3 is 1.